The molecule has 0 saturated carbocycles. The summed E-state index contributed by atoms with van der Waals surface area (Å²) in [6.07, 6.45) is 12.4. The van der Waals surface area contributed by atoms with Crippen molar-refractivity contribution in [2.24, 2.45) is 5.73 Å². The van der Waals surface area contributed by atoms with Crippen LogP contribution in [0.4, 0.5) is 0 Å². The fourth-order valence-corrected chi connectivity index (χ4v) is 13.9. The maximum absolute atomic E-state index is 11.8. The molecule has 9 aromatic rings. The number of nitrogens with one attached hydrogen (secondary N) is 5. The van der Waals surface area contributed by atoms with E-state index < -0.39 is 6.10 Å². The third-order valence-corrected chi connectivity index (χ3v) is 18.7. The summed E-state index contributed by atoms with van der Waals surface area (Å²) in [7, 11) is 0. The molecular weight excluding hydrogens is 1330 g/mol. The molecule has 12 nitrogen and oxygen atoms in total. The molecule has 3 aromatic heterocycles. The number of ether oxygens (including phenoxy) is 1. The van der Waals surface area contributed by atoms with Gasteiger partial charge in [0.2, 0.25) is 16.7 Å². The standard InChI is InChI=1S/2C25H30N2O2.C13H19N.C12H11NO2.I2/c1-4-16-10-18-12-20(13-19(18)11-17(16)5-2)26-23(14-28)21-7-6-15(3)25-22(21)8-9-24(29)27-25;1-4-16-10-18-12-20(13-19(18)11-17(16)5-2)26-14-23(28)21-7-6-15(3)25-22(21)8-9-24(29)27-25;1-3-9-5-11-7-13(14)8-12(11)6-10(9)4-2;1-7-2-3-8(10-6-15-10)9-4-5-11(14)13-12(7)9;1-2/h2*6-11,20,23,26,28H,4-5,12-14H2,1-3H3,(H,27,29);5-6,13H,3-4,7-8,14H2,1-2H3;2-5,10H,6H2,1H3,(H,13,14);/t;23-;;10-;/m.0.0./s1. The van der Waals surface area contributed by atoms with Gasteiger partial charge in [-0.05, 0) is 216 Å². The molecule has 0 spiro atoms. The van der Waals surface area contributed by atoms with Crippen LogP contribution in [0.5, 0.6) is 0 Å². The summed E-state index contributed by atoms with van der Waals surface area (Å²) in [4.78, 5) is 43.4. The van der Waals surface area contributed by atoms with Crippen molar-refractivity contribution >= 4 is 69.9 Å². The van der Waals surface area contributed by atoms with Crippen LogP contribution in [0.25, 0.3) is 32.7 Å². The lowest BCUT2D eigenvalue weighted by Crippen LogP contribution is -2.35. The van der Waals surface area contributed by atoms with Gasteiger partial charge in [0.1, 0.15) is 6.10 Å². The molecule has 3 aliphatic carbocycles. The Morgan fingerprint density at radius 3 is 1.25 bits per heavy atom. The van der Waals surface area contributed by atoms with E-state index in [9.17, 15) is 24.6 Å². The van der Waals surface area contributed by atoms with Gasteiger partial charge in [-0.3, -0.25) is 14.4 Å². The minimum Gasteiger partial charge on any atom is -0.394 e. The van der Waals surface area contributed by atoms with E-state index in [2.05, 4.69) is 153 Å². The fourth-order valence-electron chi connectivity index (χ4n) is 13.9. The van der Waals surface area contributed by atoms with Gasteiger partial charge < -0.3 is 46.3 Å². The second-order valence-corrected chi connectivity index (χ2v) is 24.6. The molecule has 1 aliphatic heterocycles. The summed E-state index contributed by atoms with van der Waals surface area (Å²) in [5, 5.41) is 31.3. The molecule has 13 rings (SSSR count). The number of fused-ring (bicyclic) bond motifs is 6. The summed E-state index contributed by atoms with van der Waals surface area (Å²) < 4.78 is 5.28. The second kappa shape index (κ2) is 31.0. The van der Waals surface area contributed by atoms with Gasteiger partial charge in [0.05, 0.1) is 41.9 Å². The third-order valence-electron chi connectivity index (χ3n) is 18.7. The number of aliphatic hydroxyl groups is 2. The zero-order valence-electron chi connectivity index (χ0n) is 53.3. The average molecular weight is 1430 g/mol. The Bertz CT molecular complexity index is 4050. The Labute approximate surface area is 548 Å². The first kappa shape index (κ1) is 67.6. The van der Waals surface area contributed by atoms with E-state index in [4.69, 9.17) is 10.5 Å². The van der Waals surface area contributed by atoms with Crippen molar-refractivity contribution in [1.29, 1.82) is 0 Å². The summed E-state index contributed by atoms with van der Waals surface area (Å²) in [6, 6.07) is 37.4. The van der Waals surface area contributed by atoms with Gasteiger partial charge in [-0.15, -0.1) is 0 Å². The molecule has 14 heteroatoms. The monoisotopic (exact) mass is 1420 g/mol. The number of epoxide rings is 1. The Hall–Kier alpha value is -5.83. The lowest BCUT2D eigenvalue weighted by molar-refractivity contribution is 0.171. The molecule has 0 amide bonds. The highest BCUT2D eigenvalue weighted by Crippen LogP contribution is 2.36. The van der Waals surface area contributed by atoms with Crippen LogP contribution in [0.2, 0.25) is 0 Å². The molecule has 6 aromatic carbocycles. The van der Waals surface area contributed by atoms with Gasteiger partial charge in [-0.2, -0.15) is 0 Å². The van der Waals surface area contributed by atoms with Crippen molar-refractivity contribution in [2.45, 2.75) is 176 Å². The van der Waals surface area contributed by atoms with Gasteiger partial charge in [0.25, 0.3) is 0 Å². The Morgan fingerprint density at radius 2 is 0.854 bits per heavy atom. The van der Waals surface area contributed by atoms with E-state index in [-0.39, 0.29) is 35.4 Å². The van der Waals surface area contributed by atoms with Crippen molar-refractivity contribution in [2.75, 3.05) is 19.8 Å². The topological polar surface area (TPSA) is 202 Å². The summed E-state index contributed by atoms with van der Waals surface area (Å²) >= 11 is 4.24. The van der Waals surface area contributed by atoms with Crippen LogP contribution in [0, 0.1) is 20.8 Å². The first-order valence-corrected chi connectivity index (χ1v) is 38.4. The van der Waals surface area contributed by atoms with Crippen LogP contribution < -0.4 is 33.0 Å². The van der Waals surface area contributed by atoms with Gasteiger partial charge in [-0.1, -0.05) is 114 Å². The minimum atomic E-state index is -0.620. The van der Waals surface area contributed by atoms with Gasteiger partial charge >= 0.3 is 0 Å². The third kappa shape index (κ3) is 15.9. The van der Waals surface area contributed by atoms with Crippen LogP contribution in [0.3, 0.4) is 0 Å². The van der Waals surface area contributed by atoms with Crippen molar-refractivity contribution in [3.05, 3.63) is 240 Å². The fraction of sp³-hybridized carbons (Fsp3) is 0.400. The molecule has 0 radical (unpaired) electrons. The lowest BCUT2D eigenvalue weighted by atomic mass is 9.97. The highest BCUT2D eigenvalue weighted by Gasteiger charge is 2.29. The van der Waals surface area contributed by atoms with E-state index in [1.165, 1.54) is 78.4 Å². The Kier molecular flexibility index (Phi) is 23.5. The predicted molar refractivity (Wildman–Crippen MR) is 384 cm³/mol. The zero-order valence-corrected chi connectivity index (χ0v) is 57.6. The number of aromatic nitrogens is 3. The normalized spacial score (nSPS) is 15.6. The van der Waals surface area contributed by atoms with E-state index in [1.54, 1.807) is 12.1 Å². The Balaban J connectivity index is 0.000000146. The first-order chi connectivity index (χ1) is 43.0. The van der Waals surface area contributed by atoms with Gasteiger partial charge in [0, 0.05) is 96.3 Å². The van der Waals surface area contributed by atoms with E-state index in [0.717, 1.165) is 144 Å². The van der Waals surface area contributed by atoms with Crippen LogP contribution in [-0.4, -0.2) is 63.0 Å². The number of H-pyrrole nitrogens is 3. The zero-order chi connectivity index (χ0) is 63.6. The maximum atomic E-state index is 11.8. The van der Waals surface area contributed by atoms with E-state index >= 15 is 0 Å². The molecule has 4 aliphatic rings. The molecule has 3 atom stereocenters. The number of benzene rings is 6. The number of hydrogen-bond acceptors (Lipinski definition) is 9. The Morgan fingerprint density at radius 1 is 0.506 bits per heavy atom. The SMILES string of the molecule is CCc1cc2c(cc1CC)CC(N)C2.CCc1cc2c(cc1CC)CC(NC(CO)c1ccc(C)c3[nH]c(=O)ccc13)C2.CCc1cc2c(cc1CC)CC(NC[C@H](O)c1ccc(C)c3[nH]c(=O)ccc13)C2.Cc1ccc([C@@H]2CO2)c2ccc(=O)[nH]c12.II. The van der Waals surface area contributed by atoms with Gasteiger partial charge in [-0.25, -0.2) is 0 Å². The molecule has 1 unspecified atom stereocenters. The van der Waals surface area contributed by atoms with Crippen LogP contribution in [-0.2, 0) is 81.8 Å². The quantitative estimate of drug-likeness (QED) is 0.0363. The number of halogens is 2. The first-order valence-electron chi connectivity index (χ1n) is 32.1. The smallest absolute Gasteiger partial charge is 0.248 e. The molecule has 1 saturated heterocycles. The number of aromatic amines is 3. The van der Waals surface area contributed by atoms with E-state index in [1.807, 2.05) is 63.2 Å². The van der Waals surface area contributed by atoms with E-state index in [0.29, 0.717) is 24.7 Å². The van der Waals surface area contributed by atoms with Crippen LogP contribution >= 0.6 is 37.2 Å². The van der Waals surface area contributed by atoms with Crippen molar-refractivity contribution < 1.29 is 14.9 Å². The summed E-state index contributed by atoms with van der Waals surface area (Å²) in [5.74, 6) is 0. The molecule has 470 valence electrons. The molecule has 1 fully saturated rings. The van der Waals surface area contributed by atoms with Crippen molar-refractivity contribution in [1.82, 2.24) is 25.6 Å². The van der Waals surface area contributed by atoms with Crippen molar-refractivity contribution in [3.63, 3.8) is 0 Å². The maximum Gasteiger partial charge on any atom is 0.248 e. The predicted octanol–water partition coefficient (Wildman–Crippen LogP) is 13.4. The lowest BCUT2D eigenvalue weighted by Gasteiger charge is -2.23. The number of rotatable bonds is 15. The number of hydrogen-bond donors (Lipinski definition) is 8. The molecule has 89 heavy (non-hydrogen) atoms. The highest BCUT2D eigenvalue weighted by molar-refractivity contribution is 15.0. The molecule has 0 bridgehead atoms. The minimum absolute atomic E-state index is 0.0184. The number of pyridine rings is 3. The largest absolute Gasteiger partial charge is 0.394 e. The molecule has 4 heterocycles. The number of aryl methyl sites for hydroxylation is 9. The van der Waals surface area contributed by atoms with Crippen molar-refractivity contribution in [3.8, 4) is 0 Å². The summed E-state index contributed by atoms with van der Waals surface area (Å²) in [5.41, 5.74) is 32.1. The van der Waals surface area contributed by atoms with Gasteiger partial charge in [0.15, 0.2) is 0 Å². The number of aliphatic hydroxyl groups excluding tert-OH is 2. The van der Waals surface area contributed by atoms with Crippen LogP contribution in [0.1, 0.15) is 160 Å². The average Bonchev–Trinajstić information content (AvgIpc) is 2.16. The highest BCUT2D eigenvalue weighted by atomic mass is 128. The summed E-state index contributed by atoms with van der Waals surface area (Å²) in [6.45, 7) is 20.6. The molecule has 9 N–H and O–H groups in total. The number of nitrogens with two attached hydrogens (primary N) is 1. The second-order valence-electron chi connectivity index (χ2n) is 24.6. The molecular formula is C75H90I2N6O6. The van der Waals surface area contributed by atoms with Crippen LogP contribution in [0.15, 0.2) is 124 Å².